The number of rotatable bonds is 4. The van der Waals surface area contributed by atoms with Gasteiger partial charge in [-0.1, -0.05) is 88.7 Å². The fourth-order valence-corrected chi connectivity index (χ4v) is 6.10. The third-order valence-electron chi connectivity index (χ3n) is 6.61. The Balaban J connectivity index is 1.42. The van der Waals surface area contributed by atoms with E-state index in [1.165, 1.54) is 28.8 Å². The van der Waals surface area contributed by atoms with Gasteiger partial charge in [0.15, 0.2) is 0 Å². The van der Waals surface area contributed by atoms with Crippen molar-refractivity contribution < 1.29 is 0 Å². The number of aromatic nitrogens is 1. The predicted molar refractivity (Wildman–Crippen MR) is 146 cm³/mol. The van der Waals surface area contributed by atoms with Crippen molar-refractivity contribution in [2.24, 2.45) is 11.0 Å². The van der Waals surface area contributed by atoms with Crippen LogP contribution < -0.4 is 5.01 Å². The minimum Gasteiger partial charge on any atom is -0.231 e. The molecule has 1 fully saturated rings. The maximum atomic E-state index is 5.26. The van der Waals surface area contributed by atoms with Crippen LogP contribution in [0.15, 0.2) is 105 Å². The van der Waals surface area contributed by atoms with E-state index in [0.717, 1.165) is 33.7 Å². The van der Waals surface area contributed by atoms with Gasteiger partial charge in [0.05, 0.1) is 17.4 Å². The van der Waals surface area contributed by atoms with E-state index in [2.05, 4.69) is 117 Å². The molecule has 3 aromatic carbocycles. The van der Waals surface area contributed by atoms with Crippen molar-refractivity contribution in [1.29, 1.82) is 0 Å². The molecule has 1 aliphatic heterocycles. The maximum absolute atomic E-state index is 5.26. The lowest BCUT2D eigenvalue weighted by molar-refractivity contribution is 0.487. The highest BCUT2D eigenvalue weighted by Gasteiger charge is 2.42. The number of benzene rings is 3. The summed E-state index contributed by atoms with van der Waals surface area (Å²) in [4.78, 5) is 5.04. The third kappa shape index (κ3) is 4.15. The minimum atomic E-state index is 0.166. The fraction of sp³-hybridized carbons (Fsp3) is 0.172. The highest BCUT2D eigenvalue weighted by molar-refractivity contribution is 9.10. The number of nitrogens with zero attached hydrogens (tertiary/aromatic N) is 3. The molecule has 3 nitrogen and oxygen atoms in total. The Kier molecular flexibility index (Phi) is 5.90. The number of hydrazone groups is 1. The molecule has 1 saturated carbocycles. The molecule has 5 heteroatoms. The van der Waals surface area contributed by atoms with Gasteiger partial charge in [-0.05, 0) is 54.2 Å². The number of hydrogen-bond donors (Lipinski definition) is 0. The summed E-state index contributed by atoms with van der Waals surface area (Å²) in [5.41, 5.74) is 7.24. The molecule has 2 atom stereocenters. The number of anilines is 1. The number of hydrogen-bond acceptors (Lipinski definition) is 4. The van der Waals surface area contributed by atoms with Crippen LogP contribution in [-0.2, 0) is 0 Å². The SMILES string of the molecule is Brc1ccc(-c2csc(N3N=C4/C(=C\c5ccccc5)CCC[C@@H]4[C@@H]3c3ccccc3)n2)cc1. The molecule has 4 aromatic rings. The molecule has 0 unspecified atom stereocenters. The van der Waals surface area contributed by atoms with Crippen molar-refractivity contribution in [2.75, 3.05) is 5.01 Å². The van der Waals surface area contributed by atoms with Crippen molar-refractivity contribution in [2.45, 2.75) is 25.3 Å². The molecule has 1 aromatic heterocycles. The quantitative estimate of drug-likeness (QED) is 0.267. The summed E-state index contributed by atoms with van der Waals surface area (Å²) < 4.78 is 1.07. The van der Waals surface area contributed by atoms with Crippen molar-refractivity contribution in [3.63, 3.8) is 0 Å². The summed E-state index contributed by atoms with van der Waals surface area (Å²) in [6.45, 7) is 0. The second-order valence-corrected chi connectivity index (χ2v) is 10.5. The van der Waals surface area contributed by atoms with Gasteiger partial charge < -0.3 is 0 Å². The molecule has 0 amide bonds. The van der Waals surface area contributed by atoms with Crippen LogP contribution in [0.5, 0.6) is 0 Å². The zero-order chi connectivity index (χ0) is 22.9. The first-order valence-electron chi connectivity index (χ1n) is 11.7. The van der Waals surface area contributed by atoms with E-state index in [1.807, 2.05) is 0 Å². The zero-order valence-corrected chi connectivity index (χ0v) is 21.0. The van der Waals surface area contributed by atoms with Crippen LogP contribution in [-0.4, -0.2) is 10.7 Å². The van der Waals surface area contributed by atoms with E-state index in [4.69, 9.17) is 10.1 Å². The second kappa shape index (κ2) is 9.32. The van der Waals surface area contributed by atoms with Gasteiger partial charge in [0.25, 0.3) is 0 Å². The lowest BCUT2D eigenvalue weighted by atomic mass is 9.77. The zero-order valence-electron chi connectivity index (χ0n) is 18.6. The summed E-state index contributed by atoms with van der Waals surface area (Å²) in [7, 11) is 0. The largest absolute Gasteiger partial charge is 0.231 e. The molecular formula is C29H24BrN3S. The van der Waals surface area contributed by atoms with Crippen LogP contribution in [0.2, 0.25) is 0 Å². The van der Waals surface area contributed by atoms with Gasteiger partial charge in [0.1, 0.15) is 0 Å². The predicted octanol–water partition coefficient (Wildman–Crippen LogP) is 8.37. The van der Waals surface area contributed by atoms with Crippen LogP contribution in [0.3, 0.4) is 0 Å². The number of allylic oxidation sites excluding steroid dienone is 1. The Morgan fingerprint density at radius 3 is 2.41 bits per heavy atom. The van der Waals surface area contributed by atoms with E-state index < -0.39 is 0 Å². The van der Waals surface area contributed by atoms with Crippen LogP contribution in [0, 0.1) is 5.92 Å². The lowest BCUT2D eigenvalue weighted by Crippen LogP contribution is -2.28. The first-order chi connectivity index (χ1) is 16.8. The molecule has 0 N–H and O–H groups in total. The summed E-state index contributed by atoms with van der Waals surface area (Å²) >= 11 is 5.20. The van der Waals surface area contributed by atoms with E-state index in [-0.39, 0.29) is 6.04 Å². The molecule has 1 aliphatic carbocycles. The Morgan fingerprint density at radius 2 is 1.65 bits per heavy atom. The van der Waals surface area contributed by atoms with Crippen LogP contribution in [0.4, 0.5) is 5.13 Å². The highest BCUT2D eigenvalue weighted by Crippen LogP contribution is 2.47. The van der Waals surface area contributed by atoms with Crippen LogP contribution in [0.25, 0.3) is 17.3 Å². The molecule has 2 aliphatic rings. The van der Waals surface area contributed by atoms with Crippen molar-refractivity contribution >= 4 is 44.2 Å². The van der Waals surface area contributed by atoms with Crippen LogP contribution in [0.1, 0.15) is 36.4 Å². The normalized spacial score (nSPS) is 20.9. The van der Waals surface area contributed by atoms with E-state index >= 15 is 0 Å². The van der Waals surface area contributed by atoms with Gasteiger partial charge in [-0.2, -0.15) is 5.10 Å². The monoisotopic (exact) mass is 525 g/mol. The smallest absolute Gasteiger partial charge is 0.207 e. The standard InChI is InChI=1S/C29H24BrN3S/c30-24-16-14-21(15-17-24)26-19-34-29(31-26)33-28(22-10-5-2-6-11-22)25-13-7-12-23(27(25)32-33)18-20-8-3-1-4-9-20/h1-6,8-11,14-19,25,28H,7,12-13H2/b23-18-/t25-,28-/m0/s1. The molecular weight excluding hydrogens is 502 g/mol. The Bertz CT molecular complexity index is 1340. The first kappa shape index (κ1) is 21.5. The number of halogens is 1. The Hall–Kier alpha value is -3.02. The van der Waals surface area contributed by atoms with Gasteiger partial charge in [0, 0.05) is 21.3 Å². The molecule has 6 rings (SSSR count). The van der Waals surface area contributed by atoms with Crippen molar-refractivity contribution in [1.82, 2.24) is 4.98 Å². The van der Waals surface area contributed by atoms with Gasteiger partial charge in [-0.3, -0.25) is 0 Å². The van der Waals surface area contributed by atoms with Gasteiger partial charge in [-0.25, -0.2) is 9.99 Å². The second-order valence-electron chi connectivity index (χ2n) is 8.79. The van der Waals surface area contributed by atoms with Gasteiger partial charge in [0.2, 0.25) is 5.13 Å². The third-order valence-corrected chi connectivity index (χ3v) is 7.97. The van der Waals surface area contributed by atoms with Crippen molar-refractivity contribution in [3.8, 4) is 11.3 Å². The molecule has 34 heavy (non-hydrogen) atoms. The molecule has 168 valence electrons. The van der Waals surface area contributed by atoms with Crippen LogP contribution >= 0.6 is 27.3 Å². The fourth-order valence-electron chi connectivity index (χ4n) is 5.01. The average Bonchev–Trinajstić information content (AvgIpc) is 3.51. The van der Waals surface area contributed by atoms with Crippen molar-refractivity contribution in [3.05, 3.63) is 111 Å². The topological polar surface area (TPSA) is 28.5 Å². The van der Waals surface area contributed by atoms with E-state index in [1.54, 1.807) is 11.3 Å². The number of thiazole rings is 1. The lowest BCUT2D eigenvalue weighted by Gasteiger charge is -2.29. The van der Waals surface area contributed by atoms with E-state index in [9.17, 15) is 0 Å². The first-order valence-corrected chi connectivity index (χ1v) is 13.3. The summed E-state index contributed by atoms with van der Waals surface area (Å²) in [5.74, 6) is 0.367. The Labute approximate surface area is 212 Å². The summed E-state index contributed by atoms with van der Waals surface area (Å²) in [5, 5.41) is 10.5. The average molecular weight is 527 g/mol. The maximum Gasteiger partial charge on any atom is 0.207 e. The molecule has 0 bridgehead atoms. The summed E-state index contributed by atoms with van der Waals surface area (Å²) in [6, 6.07) is 29.9. The molecule has 0 spiro atoms. The Morgan fingerprint density at radius 1 is 0.912 bits per heavy atom. The van der Waals surface area contributed by atoms with E-state index in [0.29, 0.717) is 5.92 Å². The molecule has 0 radical (unpaired) electrons. The number of fused-ring (bicyclic) bond motifs is 1. The van der Waals surface area contributed by atoms with Gasteiger partial charge >= 0.3 is 0 Å². The summed E-state index contributed by atoms with van der Waals surface area (Å²) in [6.07, 6.45) is 5.72. The highest BCUT2D eigenvalue weighted by atomic mass is 79.9. The minimum absolute atomic E-state index is 0.166. The molecule has 2 heterocycles. The van der Waals surface area contributed by atoms with Gasteiger partial charge in [-0.15, -0.1) is 11.3 Å². The molecule has 0 saturated heterocycles.